The fourth-order valence-corrected chi connectivity index (χ4v) is 2.46. The van der Waals surface area contributed by atoms with Crippen molar-refractivity contribution in [2.45, 2.75) is 19.6 Å². The number of aromatic nitrogens is 3. The quantitative estimate of drug-likeness (QED) is 0.867. The molecule has 3 heterocycles. The van der Waals surface area contributed by atoms with Crippen LogP contribution in [0.5, 0.6) is 0 Å². The molecule has 1 saturated heterocycles. The lowest BCUT2D eigenvalue weighted by molar-refractivity contribution is -0.119. The maximum atomic E-state index is 12.0. The van der Waals surface area contributed by atoms with Crippen molar-refractivity contribution in [2.75, 3.05) is 31.6 Å². The Hall–Kier alpha value is -2.19. The highest BCUT2D eigenvalue weighted by atomic mass is 16.5. The molecule has 1 aliphatic heterocycles. The van der Waals surface area contributed by atoms with Crippen molar-refractivity contribution < 1.29 is 14.1 Å². The van der Waals surface area contributed by atoms with Gasteiger partial charge in [-0.3, -0.25) is 14.4 Å². The Bertz CT molecular complexity index is 610. The molecule has 2 aromatic rings. The zero-order valence-electron chi connectivity index (χ0n) is 12.4. The zero-order valence-corrected chi connectivity index (χ0v) is 12.4. The van der Waals surface area contributed by atoms with E-state index in [1.165, 1.54) is 0 Å². The number of nitrogens with zero attached hydrogens (tertiary/aromatic N) is 4. The summed E-state index contributed by atoms with van der Waals surface area (Å²) in [5.74, 6) is 1.01. The zero-order chi connectivity index (χ0) is 15.4. The van der Waals surface area contributed by atoms with E-state index in [0.717, 1.165) is 6.54 Å². The van der Waals surface area contributed by atoms with E-state index in [-0.39, 0.29) is 12.0 Å². The summed E-state index contributed by atoms with van der Waals surface area (Å²) >= 11 is 0. The summed E-state index contributed by atoms with van der Waals surface area (Å²) in [4.78, 5) is 14.1. The fourth-order valence-electron chi connectivity index (χ4n) is 2.46. The number of rotatable bonds is 5. The summed E-state index contributed by atoms with van der Waals surface area (Å²) in [6.07, 6.45) is 3.69. The first-order valence-corrected chi connectivity index (χ1v) is 7.23. The van der Waals surface area contributed by atoms with Crippen LogP contribution < -0.4 is 5.32 Å². The van der Waals surface area contributed by atoms with Gasteiger partial charge < -0.3 is 14.6 Å². The summed E-state index contributed by atoms with van der Waals surface area (Å²) < 4.78 is 12.5. The summed E-state index contributed by atoms with van der Waals surface area (Å²) in [6.45, 7) is 4.83. The number of amides is 1. The van der Waals surface area contributed by atoms with Gasteiger partial charge in [-0.05, 0) is 13.0 Å². The van der Waals surface area contributed by atoms with Crippen LogP contribution in [0.4, 0.5) is 5.82 Å². The van der Waals surface area contributed by atoms with Crippen LogP contribution in [0.15, 0.2) is 29.0 Å². The minimum atomic E-state index is -0.104. The van der Waals surface area contributed by atoms with Gasteiger partial charge in [0.05, 0.1) is 25.8 Å². The Morgan fingerprint density at radius 1 is 1.55 bits per heavy atom. The van der Waals surface area contributed by atoms with E-state index in [4.69, 9.17) is 9.26 Å². The third-order valence-corrected chi connectivity index (χ3v) is 3.44. The van der Waals surface area contributed by atoms with Crippen LogP contribution in [0.1, 0.15) is 5.76 Å². The molecular weight excluding hydrogens is 286 g/mol. The first kappa shape index (κ1) is 14.7. The lowest BCUT2D eigenvalue weighted by Gasteiger charge is -2.32. The van der Waals surface area contributed by atoms with Gasteiger partial charge in [0.15, 0.2) is 5.82 Å². The molecule has 8 nitrogen and oxygen atoms in total. The van der Waals surface area contributed by atoms with Gasteiger partial charge in [-0.25, -0.2) is 0 Å². The average molecular weight is 305 g/mol. The Morgan fingerprint density at radius 3 is 3.18 bits per heavy atom. The number of nitrogens with one attached hydrogen (secondary N) is 1. The van der Waals surface area contributed by atoms with Gasteiger partial charge in [-0.1, -0.05) is 5.16 Å². The number of hydrogen-bond donors (Lipinski definition) is 1. The number of anilines is 1. The molecule has 0 unspecified atom stereocenters. The smallest absolute Gasteiger partial charge is 0.239 e. The molecule has 0 aromatic carbocycles. The molecule has 1 atom stereocenters. The molecule has 0 aliphatic carbocycles. The van der Waals surface area contributed by atoms with Gasteiger partial charge in [-0.15, -0.1) is 0 Å². The predicted molar refractivity (Wildman–Crippen MR) is 78.3 cm³/mol. The highest BCUT2D eigenvalue weighted by Gasteiger charge is 2.22. The van der Waals surface area contributed by atoms with Crippen molar-refractivity contribution in [1.82, 2.24) is 19.8 Å². The maximum Gasteiger partial charge on any atom is 0.239 e. The van der Waals surface area contributed by atoms with Crippen LogP contribution >= 0.6 is 0 Å². The van der Waals surface area contributed by atoms with Gasteiger partial charge in [0, 0.05) is 31.5 Å². The Morgan fingerprint density at radius 2 is 2.45 bits per heavy atom. The largest absolute Gasteiger partial charge is 0.374 e. The van der Waals surface area contributed by atoms with Crippen LogP contribution in [0.2, 0.25) is 0 Å². The second-order valence-electron chi connectivity index (χ2n) is 5.33. The number of carbonyl (C=O) groups is 1. The molecule has 0 saturated carbocycles. The van der Waals surface area contributed by atoms with E-state index in [1.807, 2.05) is 16.9 Å². The molecule has 8 heteroatoms. The van der Waals surface area contributed by atoms with Gasteiger partial charge in [0.2, 0.25) is 5.91 Å². The first-order chi connectivity index (χ1) is 10.7. The summed E-state index contributed by atoms with van der Waals surface area (Å²) in [6, 6.07) is 3.58. The normalized spacial score (nSPS) is 19.2. The Labute approximate surface area is 128 Å². The van der Waals surface area contributed by atoms with E-state index in [9.17, 15) is 4.79 Å². The molecule has 1 fully saturated rings. The first-order valence-electron chi connectivity index (χ1n) is 7.23. The van der Waals surface area contributed by atoms with Gasteiger partial charge in [0.25, 0.3) is 0 Å². The molecule has 1 amide bonds. The molecule has 0 radical (unpaired) electrons. The number of hydrogen-bond acceptors (Lipinski definition) is 6. The summed E-state index contributed by atoms with van der Waals surface area (Å²) in [7, 11) is 0. The number of ether oxygens (including phenoxy) is 1. The van der Waals surface area contributed by atoms with E-state index >= 15 is 0 Å². The highest BCUT2D eigenvalue weighted by Crippen LogP contribution is 2.09. The average Bonchev–Trinajstić information content (AvgIpc) is 3.11. The van der Waals surface area contributed by atoms with Crippen molar-refractivity contribution in [3.63, 3.8) is 0 Å². The number of morpholine rings is 1. The van der Waals surface area contributed by atoms with Crippen LogP contribution in [0.3, 0.4) is 0 Å². The number of aryl methyl sites for hydroxylation is 1. The second kappa shape index (κ2) is 6.71. The monoisotopic (exact) mass is 305 g/mol. The summed E-state index contributed by atoms with van der Waals surface area (Å²) in [5.41, 5.74) is 0. The molecule has 2 aromatic heterocycles. The third kappa shape index (κ3) is 3.92. The second-order valence-corrected chi connectivity index (χ2v) is 5.33. The van der Waals surface area contributed by atoms with E-state index in [0.29, 0.717) is 37.8 Å². The molecule has 22 heavy (non-hydrogen) atoms. The van der Waals surface area contributed by atoms with Crippen LogP contribution in [0, 0.1) is 6.92 Å². The minimum absolute atomic E-state index is 0.0377. The maximum absolute atomic E-state index is 12.0. The topological polar surface area (TPSA) is 85.4 Å². The van der Waals surface area contributed by atoms with Crippen LogP contribution in [-0.4, -0.2) is 58.1 Å². The van der Waals surface area contributed by atoms with Gasteiger partial charge >= 0.3 is 0 Å². The standard InChI is InChI=1S/C14H19N5O3/c1-11-7-13(17-22-11)16-14(20)10-18-5-6-21-12(8-18)9-19-4-2-3-15-19/h2-4,7,12H,5-6,8-10H2,1H3,(H,16,17,20)/t12-/m0/s1. The molecule has 1 N–H and O–H groups in total. The van der Waals surface area contributed by atoms with E-state index in [2.05, 4.69) is 20.5 Å². The van der Waals surface area contributed by atoms with Crippen molar-refractivity contribution in [3.8, 4) is 0 Å². The molecule has 3 rings (SSSR count). The van der Waals surface area contributed by atoms with Crippen molar-refractivity contribution in [1.29, 1.82) is 0 Å². The Kier molecular flexibility index (Phi) is 4.50. The third-order valence-electron chi connectivity index (χ3n) is 3.44. The minimum Gasteiger partial charge on any atom is -0.374 e. The molecule has 1 aliphatic rings. The van der Waals surface area contributed by atoms with E-state index in [1.54, 1.807) is 19.2 Å². The van der Waals surface area contributed by atoms with Gasteiger partial charge in [-0.2, -0.15) is 5.10 Å². The van der Waals surface area contributed by atoms with Crippen LogP contribution in [0.25, 0.3) is 0 Å². The highest BCUT2D eigenvalue weighted by molar-refractivity contribution is 5.91. The van der Waals surface area contributed by atoms with Crippen molar-refractivity contribution >= 4 is 11.7 Å². The molecule has 0 bridgehead atoms. The van der Waals surface area contributed by atoms with Crippen LogP contribution in [-0.2, 0) is 16.1 Å². The lowest BCUT2D eigenvalue weighted by Crippen LogP contribution is -2.47. The predicted octanol–water partition coefficient (Wildman–Crippen LogP) is 0.519. The van der Waals surface area contributed by atoms with Gasteiger partial charge in [0.1, 0.15) is 5.76 Å². The van der Waals surface area contributed by atoms with Crippen molar-refractivity contribution in [2.24, 2.45) is 0 Å². The SMILES string of the molecule is Cc1cc(NC(=O)CN2CCO[C@H](Cn3cccn3)C2)no1. The molecular formula is C14H19N5O3. The fraction of sp³-hybridized carbons (Fsp3) is 0.500. The molecule has 0 spiro atoms. The summed E-state index contributed by atoms with van der Waals surface area (Å²) in [5, 5.41) is 10.7. The van der Waals surface area contributed by atoms with Crippen molar-refractivity contribution in [3.05, 3.63) is 30.3 Å². The molecule has 118 valence electrons. The lowest BCUT2D eigenvalue weighted by atomic mass is 10.2. The number of carbonyl (C=O) groups excluding carboxylic acids is 1. The van der Waals surface area contributed by atoms with E-state index < -0.39 is 0 Å². The Balaban J connectivity index is 1.48.